The Kier molecular flexibility index (Phi) is 7.77. The molecule has 0 saturated carbocycles. The van der Waals surface area contributed by atoms with E-state index in [9.17, 15) is 18.0 Å². The van der Waals surface area contributed by atoms with Crippen molar-refractivity contribution < 1.29 is 22.7 Å². The highest BCUT2D eigenvalue weighted by atomic mass is 32.2. The molecule has 2 aliphatic rings. The fraction of sp³-hybridized carbons (Fsp3) is 0.385. The molecule has 1 atom stereocenters. The van der Waals surface area contributed by atoms with Crippen molar-refractivity contribution in [1.29, 1.82) is 0 Å². The van der Waals surface area contributed by atoms with E-state index in [1.165, 1.54) is 9.21 Å². The fourth-order valence-corrected chi connectivity index (χ4v) is 5.91. The molecule has 1 fully saturated rings. The third-order valence-electron chi connectivity index (χ3n) is 6.57. The van der Waals surface area contributed by atoms with Crippen LogP contribution in [0.5, 0.6) is 0 Å². The van der Waals surface area contributed by atoms with Crippen LogP contribution >= 0.6 is 0 Å². The Bertz CT molecular complexity index is 1240. The molecule has 2 heterocycles. The third-order valence-corrected chi connectivity index (χ3v) is 8.48. The molecule has 4 rings (SSSR count). The Morgan fingerprint density at radius 1 is 1.03 bits per heavy atom. The summed E-state index contributed by atoms with van der Waals surface area (Å²) < 4.78 is 33.0. The number of nitrogens with one attached hydrogen (secondary N) is 1. The highest BCUT2D eigenvalue weighted by Gasteiger charge is 2.38. The largest absolute Gasteiger partial charge is 0.463 e. The van der Waals surface area contributed by atoms with Gasteiger partial charge in [-0.3, -0.25) is 9.80 Å². The van der Waals surface area contributed by atoms with Crippen LogP contribution in [0.15, 0.2) is 70.8 Å². The Morgan fingerprint density at radius 3 is 2.28 bits per heavy atom. The quantitative estimate of drug-likeness (QED) is 0.573. The summed E-state index contributed by atoms with van der Waals surface area (Å²) in [5.74, 6) is -0.478. The summed E-state index contributed by atoms with van der Waals surface area (Å²) in [5.41, 5.74) is 2.73. The number of amides is 2. The maximum absolute atomic E-state index is 13.1. The van der Waals surface area contributed by atoms with Gasteiger partial charge in [0, 0.05) is 45.5 Å². The van der Waals surface area contributed by atoms with E-state index in [0.29, 0.717) is 44.0 Å². The zero-order chi connectivity index (χ0) is 25.9. The average Bonchev–Trinajstić information content (AvgIpc) is 2.88. The maximum Gasteiger partial charge on any atom is 0.338 e. The highest BCUT2D eigenvalue weighted by Crippen LogP contribution is 2.31. The van der Waals surface area contributed by atoms with Gasteiger partial charge in [0.05, 0.1) is 23.1 Å². The molecule has 1 unspecified atom stereocenters. The van der Waals surface area contributed by atoms with Gasteiger partial charge in [-0.05, 0) is 31.5 Å². The molecule has 2 aromatic rings. The lowest BCUT2D eigenvalue weighted by Gasteiger charge is -2.39. The standard InChI is InChI=1S/C26H32N4O5S/c1-4-35-25(31)23-22(28(3)26(32)27-24(23)20-8-6-5-7-9-20)18-29-14-16-30(17-15-29)36(33,34)21-12-10-19(2)11-13-21/h5-13,24H,4,14-18H2,1-3H3,(H,27,32). The number of likely N-dealkylation sites (N-methyl/N-ethyl adjacent to an activating group) is 1. The second kappa shape index (κ2) is 10.8. The van der Waals surface area contributed by atoms with E-state index >= 15 is 0 Å². The molecule has 0 spiro atoms. The van der Waals surface area contributed by atoms with Crippen LogP contribution in [0.25, 0.3) is 0 Å². The smallest absolute Gasteiger partial charge is 0.338 e. The number of nitrogens with zero attached hydrogens (tertiary/aromatic N) is 3. The molecule has 192 valence electrons. The first-order valence-electron chi connectivity index (χ1n) is 12.0. The molecule has 2 aromatic carbocycles. The van der Waals surface area contributed by atoms with Crippen LogP contribution in [0.3, 0.4) is 0 Å². The topological polar surface area (TPSA) is 99.3 Å². The Morgan fingerprint density at radius 2 is 1.67 bits per heavy atom. The Balaban J connectivity index is 1.57. The first kappa shape index (κ1) is 25.9. The number of hydrogen-bond acceptors (Lipinski definition) is 6. The molecule has 2 aliphatic heterocycles. The summed E-state index contributed by atoms with van der Waals surface area (Å²) in [6.45, 7) is 5.76. The molecule has 0 bridgehead atoms. The van der Waals surface area contributed by atoms with Crippen LogP contribution < -0.4 is 5.32 Å². The minimum Gasteiger partial charge on any atom is -0.463 e. The van der Waals surface area contributed by atoms with Gasteiger partial charge >= 0.3 is 12.0 Å². The number of carbonyl (C=O) groups excluding carboxylic acids is 2. The van der Waals surface area contributed by atoms with E-state index in [-0.39, 0.29) is 17.5 Å². The van der Waals surface area contributed by atoms with E-state index in [1.807, 2.05) is 37.3 Å². The van der Waals surface area contributed by atoms with Gasteiger partial charge in [-0.15, -0.1) is 0 Å². The SMILES string of the molecule is CCOC(=O)C1=C(CN2CCN(S(=O)(=O)c3ccc(C)cc3)CC2)N(C)C(=O)NC1c1ccccc1. The molecule has 0 radical (unpaired) electrons. The minimum absolute atomic E-state index is 0.213. The lowest BCUT2D eigenvalue weighted by Crippen LogP contribution is -2.53. The summed E-state index contributed by atoms with van der Waals surface area (Å²) in [6, 6.07) is 15.2. The number of hydrogen-bond donors (Lipinski definition) is 1. The summed E-state index contributed by atoms with van der Waals surface area (Å²) in [5, 5.41) is 2.91. The summed E-state index contributed by atoms with van der Waals surface area (Å²) >= 11 is 0. The van der Waals surface area contributed by atoms with Crippen molar-refractivity contribution in [2.24, 2.45) is 0 Å². The number of benzene rings is 2. The molecular formula is C26H32N4O5S. The van der Waals surface area contributed by atoms with Crippen LogP contribution in [0.4, 0.5) is 4.79 Å². The summed E-state index contributed by atoms with van der Waals surface area (Å²) in [6.07, 6.45) is 0. The lowest BCUT2D eigenvalue weighted by atomic mass is 9.94. The predicted molar refractivity (Wildman–Crippen MR) is 136 cm³/mol. The van der Waals surface area contributed by atoms with E-state index in [2.05, 4.69) is 10.2 Å². The first-order valence-corrected chi connectivity index (χ1v) is 13.4. The number of aryl methyl sites for hydroxylation is 1. The van der Waals surface area contributed by atoms with Crippen LogP contribution in [-0.4, -0.2) is 80.9 Å². The van der Waals surface area contributed by atoms with Crippen molar-refractivity contribution >= 4 is 22.0 Å². The molecule has 9 nitrogen and oxygen atoms in total. The average molecular weight is 513 g/mol. The van der Waals surface area contributed by atoms with E-state index in [4.69, 9.17) is 4.74 Å². The van der Waals surface area contributed by atoms with E-state index in [0.717, 1.165) is 11.1 Å². The van der Waals surface area contributed by atoms with Crippen LogP contribution in [0, 0.1) is 6.92 Å². The zero-order valence-corrected chi connectivity index (χ0v) is 21.6. The van der Waals surface area contributed by atoms with Gasteiger partial charge in [0.25, 0.3) is 0 Å². The van der Waals surface area contributed by atoms with Gasteiger partial charge in [0.15, 0.2) is 0 Å². The van der Waals surface area contributed by atoms with Crippen LogP contribution in [0.1, 0.15) is 24.1 Å². The normalized spacial score (nSPS) is 19.8. The number of esters is 1. The van der Waals surface area contributed by atoms with Crippen molar-refractivity contribution in [2.45, 2.75) is 24.8 Å². The summed E-state index contributed by atoms with van der Waals surface area (Å²) in [4.78, 5) is 29.7. The van der Waals surface area contributed by atoms with Gasteiger partial charge in [0.1, 0.15) is 0 Å². The van der Waals surface area contributed by atoms with E-state index in [1.54, 1.807) is 38.2 Å². The molecule has 1 N–H and O–H groups in total. The molecule has 0 aliphatic carbocycles. The van der Waals surface area contributed by atoms with Crippen molar-refractivity contribution in [3.8, 4) is 0 Å². The van der Waals surface area contributed by atoms with Gasteiger partial charge in [-0.1, -0.05) is 48.0 Å². The maximum atomic E-state index is 13.1. The number of piperazine rings is 1. The number of ether oxygens (including phenoxy) is 1. The van der Waals surface area contributed by atoms with Gasteiger partial charge < -0.3 is 10.1 Å². The van der Waals surface area contributed by atoms with Gasteiger partial charge in [-0.2, -0.15) is 4.31 Å². The van der Waals surface area contributed by atoms with Crippen LogP contribution in [-0.2, 0) is 19.6 Å². The Hall–Kier alpha value is -3.21. The van der Waals surface area contributed by atoms with Crippen molar-refractivity contribution in [1.82, 2.24) is 19.4 Å². The number of urea groups is 1. The molecular weight excluding hydrogens is 480 g/mol. The van der Waals surface area contributed by atoms with E-state index < -0.39 is 22.0 Å². The van der Waals surface area contributed by atoms with Gasteiger partial charge in [-0.25, -0.2) is 18.0 Å². The number of rotatable bonds is 7. The predicted octanol–water partition coefficient (Wildman–Crippen LogP) is 2.51. The molecule has 2 amide bonds. The molecule has 1 saturated heterocycles. The molecule has 36 heavy (non-hydrogen) atoms. The van der Waals surface area contributed by atoms with Crippen molar-refractivity contribution in [3.63, 3.8) is 0 Å². The first-order chi connectivity index (χ1) is 17.2. The number of carbonyl (C=O) groups is 2. The second-order valence-electron chi connectivity index (χ2n) is 8.93. The minimum atomic E-state index is -3.59. The second-order valence-corrected chi connectivity index (χ2v) is 10.9. The fourth-order valence-electron chi connectivity index (χ4n) is 4.49. The lowest BCUT2D eigenvalue weighted by molar-refractivity contribution is -0.139. The summed E-state index contributed by atoms with van der Waals surface area (Å²) in [7, 11) is -1.96. The number of sulfonamides is 1. The zero-order valence-electron chi connectivity index (χ0n) is 20.8. The molecule has 10 heteroatoms. The van der Waals surface area contributed by atoms with Gasteiger partial charge in [0.2, 0.25) is 10.0 Å². The van der Waals surface area contributed by atoms with Crippen LogP contribution in [0.2, 0.25) is 0 Å². The monoisotopic (exact) mass is 512 g/mol. The third kappa shape index (κ3) is 5.30. The Labute approximate surface area is 212 Å². The highest BCUT2D eigenvalue weighted by molar-refractivity contribution is 7.89. The van der Waals surface area contributed by atoms with Crippen molar-refractivity contribution in [2.75, 3.05) is 46.4 Å². The molecule has 0 aromatic heterocycles. The van der Waals surface area contributed by atoms with Crippen molar-refractivity contribution in [3.05, 3.63) is 77.0 Å².